The second-order valence-electron chi connectivity index (χ2n) is 7.28. The highest BCUT2D eigenvalue weighted by Gasteiger charge is 2.20. The van der Waals surface area contributed by atoms with Crippen molar-refractivity contribution in [1.82, 2.24) is 10.6 Å². The van der Waals surface area contributed by atoms with Crippen LogP contribution in [0.5, 0.6) is 0 Å². The Morgan fingerprint density at radius 1 is 1.15 bits per heavy atom. The van der Waals surface area contributed by atoms with Crippen molar-refractivity contribution in [3.05, 3.63) is 30.3 Å². The standard InChI is InChI=1S/C21H34N4O2/c1-22-21(23-12-5-15-27-20-10-16-26-17-11-20)24-18-8-13-25(14-9-18)19-6-3-2-4-7-19/h2-4,6-7,18,20H,5,8-17H2,1H3,(H2,22,23,24). The minimum Gasteiger partial charge on any atom is -0.381 e. The lowest BCUT2D eigenvalue weighted by Gasteiger charge is -2.34. The quantitative estimate of drug-likeness (QED) is 0.436. The molecule has 2 aliphatic rings. The Morgan fingerprint density at radius 3 is 2.59 bits per heavy atom. The Bertz CT molecular complexity index is 553. The summed E-state index contributed by atoms with van der Waals surface area (Å²) in [5.74, 6) is 0.902. The molecule has 6 heteroatoms. The van der Waals surface area contributed by atoms with E-state index in [1.807, 2.05) is 7.05 Å². The molecule has 3 rings (SSSR count). The van der Waals surface area contributed by atoms with E-state index >= 15 is 0 Å². The first-order valence-electron chi connectivity index (χ1n) is 10.3. The summed E-state index contributed by atoms with van der Waals surface area (Å²) in [6, 6.07) is 11.2. The minimum atomic E-state index is 0.381. The largest absolute Gasteiger partial charge is 0.381 e. The molecule has 1 aromatic rings. The fourth-order valence-corrected chi connectivity index (χ4v) is 3.68. The highest BCUT2D eigenvalue weighted by Crippen LogP contribution is 2.19. The van der Waals surface area contributed by atoms with Gasteiger partial charge in [0, 0.05) is 58.2 Å². The maximum atomic E-state index is 5.92. The Labute approximate surface area is 163 Å². The van der Waals surface area contributed by atoms with Crippen LogP contribution in [0.1, 0.15) is 32.1 Å². The molecule has 2 fully saturated rings. The van der Waals surface area contributed by atoms with Crippen molar-refractivity contribution in [1.29, 1.82) is 0 Å². The van der Waals surface area contributed by atoms with Gasteiger partial charge in [0.1, 0.15) is 0 Å². The summed E-state index contributed by atoms with van der Waals surface area (Å²) in [5.41, 5.74) is 1.32. The number of hydrogen-bond donors (Lipinski definition) is 2. The van der Waals surface area contributed by atoms with Gasteiger partial charge in [-0.2, -0.15) is 0 Å². The average molecular weight is 375 g/mol. The van der Waals surface area contributed by atoms with Gasteiger partial charge < -0.3 is 25.0 Å². The number of rotatable bonds is 7. The number of guanidine groups is 1. The van der Waals surface area contributed by atoms with Gasteiger partial charge in [-0.15, -0.1) is 0 Å². The number of nitrogens with zero attached hydrogens (tertiary/aromatic N) is 2. The number of benzene rings is 1. The molecule has 150 valence electrons. The normalized spacial score (nSPS) is 19.9. The second kappa shape index (κ2) is 11.1. The molecule has 2 aliphatic heterocycles. The molecule has 0 unspecified atom stereocenters. The first-order valence-corrected chi connectivity index (χ1v) is 10.3. The van der Waals surface area contributed by atoms with Crippen LogP contribution in [0.15, 0.2) is 35.3 Å². The Balaban J connectivity index is 1.29. The van der Waals surface area contributed by atoms with Crippen LogP contribution in [0.2, 0.25) is 0 Å². The molecule has 0 spiro atoms. The summed E-state index contributed by atoms with van der Waals surface area (Å²) in [4.78, 5) is 6.83. The molecule has 1 aromatic carbocycles. The number of aliphatic imine (C=N–C) groups is 1. The van der Waals surface area contributed by atoms with Gasteiger partial charge in [0.05, 0.1) is 6.10 Å². The maximum Gasteiger partial charge on any atom is 0.191 e. The molecule has 0 bridgehead atoms. The zero-order valence-corrected chi connectivity index (χ0v) is 16.5. The van der Waals surface area contributed by atoms with Crippen LogP contribution < -0.4 is 15.5 Å². The number of anilines is 1. The van der Waals surface area contributed by atoms with E-state index < -0.39 is 0 Å². The lowest BCUT2D eigenvalue weighted by molar-refractivity contribution is -0.0320. The van der Waals surface area contributed by atoms with Crippen molar-refractivity contribution >= 4 is 11.6 Å². The fraction of sp³-hybridized carbons (Fsp3) is 0.667. The van der Waals surface area contributed by atoms with Crippen LogP contribution in [0.25, 0.3) is 0 Å². The van der Waals surface area contributed by atoms with Crippen molar-refractivity contribution in [2.45, 2.75) is 44.2 Å². The molecule has 0 amide bonds. The highest BCUT2D eigenvalue weighted by molar-refractivity contribution is 5.79. The van der Waals surface area contributed by atoms with E-state index in [2.05, 4.69) is 50.9 Å². The third-order valence-corrected chi connectivity index (χ3v) is 5.32. The molecule has 2 saturated heterocycles. The Hall–Kier alpha value is -1.79. The Morgan fingerprint density at radius 2 is 1.89 bits per heavy atom. The van der Waals surface area contributed by atoms with Gasteiger partial charge >= 0.3 is 0 Å². The summed E-state index contributed by atoms with van der Waals surface area (Å²) in [5, 5.41) is 6.99. The third kappa shape index (κ3) is 6.70. The summed E-state index contributed by atoms with van der Waals surface area (Å²) < 4.78 is 11.3. The van der Waals surface area contributed by atoms with Gasteiger partial charge in [-0.3, -0.25) is 4.99 Å². The smallest absolute Gasteiger partial charge is 0.191 e. The molecular formula is C21H34N4O2. The van der Waals surface area contributed by atoms with E-state index in [9.17, 15) is 0 Å². The van der Waals surface area contributed by atoms with Crippen molar-refractivity contribution in [2.75, 3.05) is 51.4 Å². The van der Waals surface area contributed by atoms with Crippen LogP contribution in [0.3, 0.4) is 0 Å². The number of piperidine rings is 1. The van der Waals surface area contributed by atoms with Crippen molar-refractivity contribution < 1.29 is 9.47 Å². The van der Waals surface area contributed by atoms with Crippen LogP contribution in [-0.4, -0.2) is 64.6 Å². The molecule has 0 saturated carbocycles. The highest BCUT2D eigenvalue weighted by atomic mass is 16.5. The second-order valence-corrected chi connectivity index (χ2v) is 7.28. The molecule has 27 heavy (non-hydrogen) atoms. The minimum absolute atomic E-state index is 0.381. The fourth-order valence-electron chi connectivity index (χ4n) is 3.68. The molecule has 6 nitrogen and oxygen atoms in total. The summed E-state index contributed by atoms with van der Waals surface area (Å²) in [7, 11) is 1.84. The molecule has 2 heterocycles. The SMILES string of the molecule is CN=C(NCCCOC1CCOCC1)NC1CCN(c2ccccc2)CC1. The number of hydrogen-bond acceptors (Lipinski definition) is 4. The van der Waals surface area contributed by atoms with E-state index in [-0.39, 0.29) is 0 Å². The number of ether oxygens (including phenoxy) is 2. The van der Waals surface area contributed by atoms with Crippen LogP contribution >= 0.6 is 0 Å². The monoisotopic (exact) mass is 374 g/mol. The molecule has 0 atom stereocenters. The molecule has 0 radical (unpaired) electrons. The van der Waals surface area contributed by atoms with Gasteiger partial charge in [0.2, 0.25) is 0 Å². The first kappa shape index (κ1) is 20.0. The van der Waals surface area contributed by atoms with E-state index in [4.69, 9.17) is 9.47 Å². The van der Waals surface area contributed by atoms with Crippen molar-refractivity contribution in [3.8, 4) is 0 Å². The van der Waals surface area contributed by atoms with Crippen molar-refractivity contribution in [2.24, 2.45) is 4.99 Å². The summed E-state index contributed by atoms with van der Waals surface area (Å²) in [6.45, 7) is 5.51. The van der Waals surface area contributed by atoms with Gasteiger partial charge in [0.15, 0.2) is 5.96 Å². The van der Waals surface area contributed by atoms with E-state index in [0.717, 1.165) is 77.5 Å². The van der Waals surface area contributed by atoms with Crippen LogP contribution in [0.4, 0.5) is 5.69 Å². The van der Waals surface area contributed by atoms with Gasteiger partial charge in [0.25, 0.3) is 0 Å². The predicted octanol–water partition coefficient (Wildman–Crippen LogP) is 2.41. The van der Waals surface area contributed by atoms with Gasteiger partial charge in [-0.1, -0.05) is 18.2 Å². The topological polar surface area (TPSA) is 58.1 Å². The Kier molecular flexibility index (Phi) is 8.24. The number of para-hydroxylation sites is 1. The average Bonchev–Trinajstić information content (AvgIpc) is 2.74. The lowest BCUT2D eigenvalue weighted by atomic mass is 10.0. The summed E-state index contributed by atoms with van der Waals surface area (Å²) in [6.07, 6.45) is 5.68. The summed E-state index contributed by atoms with van der Waals surface area (Å²) >= 11 is 0. The molecule has 0 aromatic heterocycles. The molecule has 2 N–H and O–H groups in total. The lowest BCUT2D eigenvalue weighted by Crippen LogP contribution is -2.49. The first-order chi connectivity index (χ1) is 13.3. The number of nitrogens with one attached hydrogen (secondary N) is 2. The van der Waals surface area contributed by atoms with Crippen LogP contribution in [0, 0.1) is 0 Å². The zero-order valence-electron chi connectivity index (χ0n) is 16.5. The molecule has 0 aliphatic carbocycles. The third-order valence-electron chi connectivity index (χ3n) is 5.32. The predicted molar refractivity (Wildman–Crippen MR) is 111 cm³/mol. The van der Waals surface area contributed by atoms with Gasteiger partial charge in [-0.05, 0) is 44.2 Å². The van der Waals surface area contributed by atoms with E-state index in [1.165, 1.54) is 5.69 Å². The zero-order chi connectivity index (χ0) is 18.7. The van der Waals surface area contributed by atoms with Gasteiger partial charge in [-0.25, -0.2) is 0 Å². The van der Waals surface area contributed by atoms with E-state index in [0.29, 0.717) is 12.1 Å². The van der Waals surface area contributed by atoms with E-state index in [1.54, 1.807) is 0 Å². The molecular weight excluding hydrogens is 340 g/mol. The maximum absolute atomic E-state index is 5.92. The van der Waals surface area contributed by atoms with Crippen molar-refractivity contribution in [3.63, 3.8) is 0 Å². The van der Waals surface area contributed by atoms with Crippen LogP contribution in [-0.2, 0) is 9.47 Å².